The van der Waals surface area contributed by atoms with Crippen molar-refractivity contribution in [2.75, 3.05) is 0 Å². The predicted molar refractivity (Wildman–Crippen MR) is 46.1 cm³/mol. The Morgan fingerprint density at radius 2 is 1.36 bits per heavy atom. The molecule has 0 saturated carbocycles. The van der Waals surface area contributed by atoms with Crippen LogP contribution in [0.5, 0.6) is 11.5 Å². The normalized spacial score (nSPS) is 10.3. The zero-order valence-electron chi connectivity index (χ0n) is 7.54. The number of hydrogen-bond acceptors (Lipinski definition) is 2. The Morgan fingerprint density at radius 3 is 1.50 bits per heavy atom. The van der Waals surface area contributed by atoms with Crippen molar-refractivity contribution in [3.63, 3.8) is 0 Å². The van der Waals surface area contributed by atoms with E-state index in [9.17, 15) is 13.2 Å². The number of aromatic hydroxyl groups is 2. The molecule has 0 bridgehead atoms. The van der Waals surface area contributed by atoms with Crippen LogP contribution in [0.25, 0.3) is 0 Å². The van der Waals surface area contributed by atoms with Crippen LogP contribution in [-0.4, -0.2) is 16.4 Å². The number of phenolic OH excluding ortho intramolecular Hbond substituents is 2. The van der Waals surface area contributed by atoms with Gasteiger partial charge in [0, 0.05) is 6.42 Å². The van der Waals surface area contributed by atoms with E-state index in [1.165, 1.54) is 12.1 Å². The monoisotopic (exact) mass is 208 g/mol. The number of para-hydroxylation sites is 2. The van der Waals surface area contributed by atoms with Gasteiger partial charge in [-0.15, -0.1) is 0 Å². The molecule has 0 saturated heterocycles. The van der Waals surface area contributed by atoms with Crippen LogP contribution in [-0.2, 0) is 0 Å². The van der Waals surface area contributed by atoms with E-state index in [0.717, 1.165) is 6.92 Å². The maximum Gasteiger partial charge on any atom is 0.388 e. The largest absolute Gasteiger partial charge is 0.504 e. The Kier molecular flexibility index (Phi) is 4.83. The summed E-state index contributed by atoms with van der Waals surface area (Å²) in [7, 11) is 0. The van der Waals surface area contributed by atoms with E-state index < -0.39 is 12.6 Å². The van der Waals surface area contributed by atoms with Gasteiger partial charge in [-0.1, -0.05) is 19.1 Å². The number of hydrogen-bond donors (Lipinski definition) is 2. The van der Waals surface area contributed by atoms with Gasteiger partial charge in [-0.2, -0.15) is 13.2 Å². The van der Waals surface area contributed by atoms with E-state index in [1.807, 2.05) is 0 Å². The van der Waals surface area contributed by atoms with Gasteiger partial charge in [0.15, 0.2) is 11.5 Å². The molecule has 80 valence electrons. The Hall–Kier alpha value is -1.39. The number of benzene rings is 1. The Bertz CT molecular complexity index is 250. The summed E-state index contributed by atoms with van der Waals surface area (Å²) >= 11 is 0. The summed E-state index contributed by atoms with van der Waals surface area (Å²) in [5.41, 5.74) is 0. The molecule has 0 fully saturated rings. The molecule has 1 aromatic rings. The summed E-state index contributed by atoms with van der Waals surface area (Å²) in [6.45, 7) is 1.08. The van der Waals surface area contributed by atoms with E-state index >= 15 is 0 Å². The first kappa shape index (κ1) is 12.6. The number of phenols is 2. The molecule has 0 heterocycles. The molecule has 14 heavy (non-hydrogen) atoms. The summed E-state index contributed by atoms with van der Waals surface area (Å²) in [6, 6.07) is 6.15. The second kappa shape index (κ2) is 5.36. The SMILES string of the molecule is CCC(F)(F)F.Oc1ccccc1O. The fourth-order valence-corrected chi connectivity index (χ4v) is 0.464. The van der Waals surface area contributed by atoms with Gasteiger partial charge >= 0.3 is 6.18 Å². The molecule has 5 heteroatoms. The first-order valence-electron chi connectivity index (χ1n) is 3.90. The van der Waals surface area contributed by atoms with Crippen LogP contribution in [0.2, 0.25) is 0 Å². The maximum absolute atomic E-state index is 10.8. The van der Waals surface area contributed by atoms with E-state index in [-0.39, 0.29) is 11.5 Å². The molecule has 0 atom stereocenters. The van der Waals surface area contributed by atoms with Gasteiger partial charge in [-0.3, -0.25) is 0 Å². The van der Waals surface area contributed by atoms with Crippen molar-refractivity contribution in [2.24, 2.45) is 0 Å². The molecule has 0 amide bonds. The minimum atomic E-state index is -3.96. The first-order chi connectivity index (χ1) is 6.37. The standard InChI is InChI=1S/C6H6O2.C3H5F3/c7-5-3-1-2-4-6(5)8;1-2-3(4,5)6/h1-4,7-8H;2H2,1H3. The van der Waals surface area contributed by atoms with Gasteiger partial charge in [0.05, 0.1) is 0 Å². The highest BCUT2D eigenvalue weighted by atomic mass is 19.4. The van der Waals surface area contributed by atoms with Gasteiger partial charge in [0.1, 0.15) is 0 Å². The topological polar surface area (TPSA) is 40.5 Å². The van der Waals surface area contributed by atoms with Gasteiger partial charge in [-0.05, 0) is 12.1 Å². The highest BCUT2D eigenvalue weighted by molar-refractivity contribution is 5.36. The summed E-state index contributed by atoms with van der Waals surface area (Å²) < 4.78 is 32.4. The highest BCUT2D eigenvalue weighted by Gasteiger charge is 2.22. The second-order valence-corrected chi connectivity index (χ2v) is 2.46. The van der Waals surface area contributed by atoms with Crippen molar-refractivity contribution < 1.29 is 23.4 Å². The van der Waals surface area contributed by atoms with Crippen molar-refractivity contribution in [3.05, 3.63) is 24.3 Å². The summed E-state index contributed by atoms with van der Waals surface area (Å²) in [5.74, 6) is -0.153. The fraction of sp³-hybridized carbons (Fsp3) is 0.333. The smallest absolute Gasteiger partial charge is 0.388 e. The summed E-state index contributed by atoms with van der Waals surface area (Å²) in [5, 5.41) is 17.3. The third-order valence-electron chi connectivity index (χ3n) is 1.28. The Labute approximate surface area is 79.6 Å². The molecule has 0 unspecified atom stereocenters. The quantitative estimate of drug-likeness (QED) is 0.643. The molecule has 0 aliphatic carbocycles. The van der Waals surface area contributed by atoms with Crippen LogP contribution < -0.4 is 0 Å². The third-order valence-corrected chi connectivity index (χ3v) is 1.28. The molecule has 0 spiro atoms. The lowest BCUT2D eigenvalue weighted by molar-refractivity contribution is -0.130. The van der Waals surface area contributed by atoms with Gasteiger partial charge in [0.2, 0.25) is 0 Å². The molecule has 1 rings (SSSR count). The molecule has 0 aliphatic heterocycles. The van der Waals surface area contributed by atoms with Crippen LogP contribution in [0.3, 0.4) is 0 Å². The molecule has 0 radical (unpaired) electrons. The number of alkyl halides is 3. The molecule has 2 nitrogen and oxygen atoms in total. The summed E-state index contributed by atoms with van der Waals surface area (Å²) in [6.07, 6.45) is -4.69. The predicted octanol–water partition coefficient (Wildman–Crippen LogP) is 3.06. The average molecular weight is 208 g/mol. The lowest BCUT2D eigenvalue weighted by atomic mass is 10.3. The third kappa shape index (κ3) is 6.16. The maximum atomic E-state index is 10.8. The van der Waals surface area contributed by atoms with Crippen LogP contribution in [0.4, 0.5) is 13.2 Å². The summed E-state index contributed by atoms with van der Waals surface area (Å²) in [4.78, 5) is 0. The van der Waals surface area contributed by atoms with Gasteiger partial charge in [0.25, 0.3) is 0 Å². The Balaban J connectivity index is 0.000000255. The molecular weight excluding hydrogens is 197 g/mol. The van der Waals surface area contributed by atoms with Crippen LogP contribution in [0.15, 0.2) is 24.3 Å². The molecule has 0 aromatic heterocycles. The van der Waals surface area contributed by atoms with E-state index in [1.54, 1.807) is 12.1 Å². The van der Waals surface area contributed by atoms with Gasteiger partial charge < -0.3 is 10.2 Å². The number of rotatable bonds is 0. The second-order valence-electron chi connectivity index (χ2n) is 2.46. The average Bonchev–Trinajstić information content (AvgIpc) is 2.10. The van der Waals surface area contributed by atoms with Crippen molar-refractivity contribution >= 4 is 0 Å². The van der Waals surface area contributed by atoms with Gasteiger partial charge in [-0.25, -0.2) is 0 Å². The molecule has 2 N–H and O–H groups in total. The zero-order valence-corrected chi connectivity index (χ0v) is 7.54. The number of halogens is 3. The molecular formula is C9H11F3O2. The van der Waals surface area contributed by atoms with Crippen LogP contribution >= 0.6 is 0 Å². The molecule has 1 aromatic carbocycles. The van der Waals surface area contributed by atoms with E-state index in [0.29, 0.717) is 0 Å². The van der Waals surface area contributed by atoms with Crippen molar-refractivity contribution in [3.8, 4) is 11.5 Å². The highest BCUT2D eigenvalue weighted by Crippen LogP contribution is 2.21. The Morgan fingerprint density at radius 1 is 1.07 bits per heavy atom. The fourth-order valence-electron chi connectivity index (χ4n) is 0.464. The van der Waals surface area contributed by atoms with Crippen molar-refractivity contribution in [1.82, 2.24) is 0 Å². The van der Waals surface area contributed by atoms with E-state index in [2.05, 4.69) is 0 Å². The van der Waals surface area contributed by atoms with Crippen molar-refractivity contribution in [1.29, 1.82) is 0 Å². The van der Waals surface area contributed by atoms with Crippen molar-refractivity contribution in [2.45, 2.75) is 19.5 Å². The van der Waals surface area contributed by atoms with E-state index in [4.69, 9.17) is 10.2 Å². The minimum Gasteiger partial charge on any atom is -0.504 e. The minimum absolute atomic E-state index is 0.0764. The van der Waals surface area contributed by atoms with Crippen LogP contribution in [0, 0.1) is 0 Å². The lowest BCUT2D eigenvalue weighted by Gasteiger charge is -1.96. The first-order valence-corrected chi connectivity index (χ1v) is 3.90. The van der Waals surface area contributed by atoms with Crippen LogP contribution in [0.1, 0.15) is 13.3 Å². The lowest BCUT2D eigenvalue weighted by Crippen LogP contribution is -2.02. The zero-order chi connectivity index (χ0) is 11.2. The molecule has 0 aliphatic rings.